The van der Waals surface area contributed by atoms with E-state index in [2.05, 4.69) is 35.1 Å². The van der Waals surface area contributed by atoms with Gasteiger partial charge in [-0.05, 0) is 36.6 Å². The minimum atomic E-state index is -5.08. The number of benzene rings is 1. The minimum absolute atomic E-state index is 0.0798. The largest absolute Gasteiger partial charge is 0.490 e. The number of amides is 1. The van der Waals surface area contributed by atoms with Crippen molar-refractivity contribution in [2.75, 3.05) is 16.8 Å². The zero-order valence-electron chi connectivity index (χ0n) is 19.3. The number of carbonyl (C=O) groups is 2. The van der Waals surface area contributed by atoms with Gasteiger partial charge >= 0.3 is 12.1 Å². The van der Waals surface area contributed by atoms with E-state index in [1.54, 1.807) is 6.20 Å². The number of aliphatic carboxylic acids is 1. The first-order valence-electron chi connectivity index (χ1n) is 10.9. The van der Waals surface area contributed by atoms with Crippen LogP contribution in [-0.2, 0) is 9.59 Å². The van der Waals surface area contributed by atoms with Gasteiger partial charge in [0.15, 0.2) is 0 Å². The SMILES string of the molecule is CCC(=O)N1c2ccccc2[C@H](Nc2ccc(C(N)C#CCN)cn2)C[C@@H]1C.O=C(O)C(F)(F)F. The van der Waals surface area contributed by atoms with Crippen molar-refractivity contribution in [3.63, 3.8) is 0 Å². The molecule has 0 radical (unpaired) electrons. The second-order valence-electron chi connectivity index (χ2n) is 7.74. The van der Waals surface area contributed by atoms with Crippen LogP contribution < -0.4 is 21.7 Å². The Morgan fingerprint density at radius 3 is 2.49 bits per heavy atom. The van der Waals surface area contributed by atoms with Crippen molar-refractivity contribution in [1.29, 1.82) is 0 Å². The predicted molar refractivity (Wildman–Crippen MR) is 126 cm³/mol. The fraction of sp³-hybridized carbons (Fsp3) is 0.375. The summed E-state index contributed by atoms with van der Waals surface area (Å²) in [6, 6.07) is 11.7. The van der Waals surface area contributed by atoms with Crippen LogP contribution in [0.4, 0.5) is 24.7 Å². The molecule has 1 aromatic carbocycles. The third-order valence-electron chi connectivity index (χ3n) is 5.23. The number of rotatable bonds is 4. The van der Waals surface area contributed by atoms with E-state index in [4.69, 9.17) is 21.4 Å². The predicted octanol–water partition coefficient (Wildman–Crippen LogP) is 3.37. The van der Waals surface area contributed by atoms with Crippen molar-refractivity contribution in [1.82, 2.24) is 4.98 Å². The van der Waals surface area contributed by atoms with E-state index < -0.39 is 18.2 Å². The van der Waals surface area contributed by atoms with E-state index in [1.807, 2.05) is 42.2 Å². The van der Waals surface area contributed by atoms with Crippen LogP contribution >= 0.6 is 0 Å². The first-order valence-corrected chi connectivity index (χ1v) is 10.9. The highest BCUT2D eigenvalue weighted by Gasteiger charge is 2.38. The number of hydrogen-bond donors (Lipinski definition) is 4. The maximum atomic E-state index is 12.4. The third kappa shape index (κ3) is 7.43. The van der Waals surface area contributed by atoms with Gasteiger partial charge < -0.3 is 26.8 Å². The monoisotopic (exact) mass is 491 g/mol. The number of anilines is 2. The number of pyridine rings is 1. The molecule has 0 bridgehead atoms. The Balaban J connectivity index is 0.000000540. The summed E-state index contributed by atoms with van der Waals surface area (Å²) in [7, 11) is 0. The number of nitrogens with one attached hydrogen (secondary N) is 1. The van der Waals surface area contributed by atoms with Gasteiger partial charge in [-0.1, -0.05) is 43.0 Å². The van der Waals surface area contributed by atoms with E-state index >= 15 is 0 Å². The highest BCUT2D eigenvalue weighted by Crippen LogP contribution is 2.38. The topological polar surface area (TPSA) is 135 Å². The first kappa shape index (κ1) is 27.6. The molecule has 188 valence electrons. The number of para-hydroxylation sites is 1. The third-order valence-corrected chi connectivity index (χ3v) is 5.23. The van der Waals surface area contributed by atoms with Gasteiger partial charge in [0.25, 0.3) is 0 Å². The lowest BCUT2D eigenvalue weighted by Gasteiger charge is -2.39. The van der Waals surface area contributed by atoms with Gasteiger partial charge in [0, 0.05) is 24.3 Å². The quantitative estimate of drug-likeness (QED) is 0.482. The van der Waals surface area contributed by atoms with Crippen LogP contribution in [0, 0.1) is 11.8 Å². The molecule has 1 aromatic heterocycles. The number of nitrogens with two attached hydrogens (primary N) is 2. The number of carboxylic acids is 1. The summed E-state index contributed by atoms with van der Waals surface area (Å²) in [5.41, 5.74) is 14.4. The Hall–Kier alpha value is -3.62. The Labute approximate surface area is 201 Å². The molecule has 0 aliphatic carbocycles. The summed E-state index contributed by atoms with van der Waals surface area (Å²) in [4.78, 5) is 27.8. The number of aromatic nitrogens is 1. The molecule has 2 heterocycles. The minimum Gasteiger partial charge on any atom is -0.475 e. The van der Waals surface area contributed by atoms with Crippen LogP contribution in [0.2, 0.25) is 0 Å². The van der Waals surface area contributed by atoms with Gasteiger partial charge in [0.1, 0.15) is 5.82 Å². The number of nitrogens with zero attached hydrogens (tertiary/aromatic N) is 2. The van der Waals surface area contributed by atoms with Crippen molar-refractivity contribution >= 4 is 23.4 Å². The highest BCUT2D eigenvalue weighted by atomic mass is 19.4. The number of carboxylic acid groups (broad SMARTS) is 1. The number of carbonyl (C=O) groups excluding carboxylic acids is 1. The van der Waals surface area contributed by atoms with Gasteiger partial charge in [0.2, 0.25) is 5.91 Å². The highest BCUT2D eigenvalue weighted by molar-refractivity contribution is 5.95. The van der Waals surface area contributed by atoms with Gasteiger partial charge in [0.05, 0.1) is 18.6 Å². The standard InChI is InChI=1S/C22H27N5O.C2HF3O2/c1-3-22(28)27-15(2)13-19(17-7-4-5-9-20(17)27)26-21-11-10-16(14-25-21)18(24)8-6-12-23;3-2(4,5)1(6)7/h4-5,7,9-11,14-15,18-19H,3,12-13,23-24H2,1-2H3,(H,25,26);(H,6,7)/t15-,18?,19+;/m0./s1. The van der Waals surface area contributed by atoms with E-state index in [1.165, 1.54) is 0 Å². The van der Waals surface area contributed by atoms with Crippen LogP contribution in [0.15, 0.2) is 42.6 Å². The van der Waals surface area contributed by atoms with Crippen molar-refractivity contribution < 1.29 is 27.9 Å². The van der Waals surface area contributed by atoms with Crippen molar-refractivity contribution in [2.24, 2.45) is 11.5 Å². The lowest BCUT2D eigenvalue weighted by Crippen LogP contribution is -2.44. The van der Waals surface area contributed by atoms with Gasteiger partial charge in [-0.25, -0.2) is 9.78 Å². The summed E-state index contributed by atoms with van der Waals surface area (Å²) in [6.45, 7) is 4.28. The zero-order valence-corrected chi connectivity index (χ0v) is 19.3. The molecule has 0 saturated heterocycles. The lowest BCUT2D eigenvalue weighted by molar-refractivity contribution is -0.192. The normalized spacial score (nSPS) is 17.6. The molecular formula is C24H28F3N5O3. The van der Waals surface area contributed by atoms with Gasteiger partial charge in [-0.2, -0.15) is 13.2 Å². The Morgan fingerprint density at radius 2 is 1.94 bits per heavy atom. The summed E-state index contributed by atoms with van der Waals surface area (Å²) in [6.07, 6.45) is -2.04. The molecule has 0 saturated carbocycles. The summed E-state index contributed by atoms with van der Waals surface area (Å²) >= 11 is 0. The number of halogens is 3. The first-order chi connectivity index (χ1) is 16.5. The Morgan fingerprint density at radius 1 is 1.29 bits per heavy atom. The zero-order chi connectivity index (χ0) is 26.2. The number of fused-ring (bicyclic) bond motifs is 1. The molecule has 1 aliphatic rings. The van der Waals surface area contributed by atoms with Crippen LogP contribution in [-0.4, -0.2) is 40.7 Å². The molecule has 11 heteroatoms. The number of alkyl halides is 3. The van der Waals surface area contributed by atoms with E-state index in [9.17, 15) is 18.0 Å². The van der Waals surface area contributed by atoms with Crippen molar-refractivity contribution in [3.05, 3.63) is 53.7 Å². The molecule has 1 aliphatic heterocycles. The van der Waals surface area contributed by atoms with Crippen LogP contribution in [0.25, 0.3) is 0 Å². The average molecular weight is 492 g/mol. The fourth-order valence-electron chi connectivity index (χ4n) is 3.61. The molecule has 1 unspecified atom stereocenters. The molecular weight excluding hydrogens is 463 g/mol. The van der Waals surface area contributed by atoms with Gasteiger partial charge in [-0.3, -0.25) is 4.79 Å². The maximum Gasteiger partial charge on any atom is 0.490 e. The van der Waals surface area contributed by atoms with Crippen LogP contribution in [0.3, 0.4) is 0 Å². The second kappa shape index (κ2) is 12.2. The van der Waals surface area contributed by atoms with E-state index in [0.29, 0.717) is 6.42 Å². The summed E-state index contributed by atoms with van der Waals surface area (Å²) in [5.74, 6) is 3.84. The van der Waals surface area contributed by atoms with Crippen molar-refractivity contribution in [3.8, 4) is 11.8 Å². The molecule has 3 atom stereocenters. The molecule has 6 N–H and O–H groups in total. The molecule has 2 aromatic rings. The molecule has 0 spiro atoms. The van der Waals surface area contributed by atoms with Crippen molar-refractivity contribution in [2.45, 2.75) is 51.0 Å². The van der Waals surface area contributed by atoms with E-state index in [0.717, 1.165) is 29.1 Å². The lowest BCUT2D eigenvalue weighted by atomic mass is 9.91. The van der Waals surface area contributed by atoms with Crippen LogP contribution in [0.1, 0.15) is 49.9 Å². The molecule has 35 heavy (non-hydrogen) atoms. The molecule has 3 rings (SSSR count). The summed E-state index contributed by atoms with van der Waals surface area (Å²) in [5, 5.41) is 10.6. The maximum absolute atomic E-state index is 12.4. The smallest absolute Gasteiger partial charge is 0.475 e. The van der Waals surface area contributed by atoms with Crippen LogP contribution in [0.5, 0.6) is 0 Å². The molecule has 8 nitrogen and oxygen atoms in total. The van der Waals surface area contributed by atoms with Gasteiger partial charge in [-0.15, -0.1) is 0 Å². The average Bonchev–Trinajstić information content (AvgIpc) is 2.82. The fourth-order valence-corrected chi connectivity index (χ4v) is 3.61. The molecule has 0 fully saturated rings. The summed E-state index contributed by atoms with van der Waals surface area (Å²) < 4.78 is 31.7. The second-order valence-corrected chi connectivity index (χ2v) is 7.74. The van der Waals surface area contributed by atoms with E-state index in [-0.39, 0.29) is 24.5 Å². The number of hydrogen-bond acceptors (Lipinski definition) is 6. The Bertz CT molecular complexity index is 1080. The molecule has 1 amide bonds. The Kier molecular flexibility index (Phi) is 9.62.